The first kappa shape index (κ1) is 15.0. The van der Waals surface area contributed by atoms with Crippen LogP contribution >= 0.6 is 0 Å². The molecule has 2 rings (SSSR count). The fourth-order valence-electron chi connectivity index (χ4n) is 1.69. The first-order valence-electron chi connectivity index (χ1n) is 6.10. The maximum atomic E-state index is 12.8. The third-order valence-corrected chi connectivity index (χ3v) is 2.59. The molecule has 0 spiro atoms. The summed E-state index contributed by atoms with van der Waals surface area (Å²) in [6, 6.07) is 6.49. The van der Waals surface area contributed by atoms with Crippen LogP contribution in [0.25, 0.3) is 11.4 Å². The Hall–Kier alpha value is -2.44. The topological polar surface area (TPSA) is 52.1 Å². The third-order valence-electron chi connectivity index (χ3n) is 2.59. The van der Waals surface area contributed by atoms with Crippen molar-refractivity contribution in [3.63, 3.8) is 0 Å². The van der Waals surface area contributed by atoms with Crippen molar-refractivity contribution < 1.29 is 22.7 Å². The van der Waals surface area contributed by atoms with Gasteiger partial charge in [-0.3, -0.25) is 4.98 Å². The highest BCUT2D eigenvalue weighted by Gasteiger charge is 2.34. The first-order valence-corrected chi connectivity index (χ1v) is 6.10. The summed E-state index contributed by atoms with van der Waals surface area (Å²) in [7, 11) is 0. The van der Waals surface area contributed by atoms with Crippen LogP contribution in [0.1, 0.15) is 23.0 Å². The smallest absolute Gasteiger partial charge is 0.433 e. The molecule has 0 radical (unpaired) electrons. The zero-order valence-corrected chi connectivity index (χ0v) is 11.0. The Morgan fingerprint density at radius 1 is 1.24 bits per heavy atom. The minimum absolute atomic E-state index is 0.0523. The standard InChI is InChI=1S/C14H11F3N2O2/c1-2-21-13(20)9-6-7-11(14(15,16)17)19-12(9)10-5-3-4-8-18-10/h3-8H,2H2,1H3. The number of alkyl halides is 3. The van der Waals surface area contributed by atoms with E-state index in [0.717, 1.165) is 12.1 Å². The lowest BCUT2D eigenvalue weighted by molar-refractivity contribution is -0.141. The number of pyridine rings is 2. The molecular formula is C14H11F3N2O2. The highest BCUT2D eigenvalue weighted by atomic mass is 19.4. The molecule has 0 aliphatic carbocycles. The SMILES string of the molecule is CCOC(=O)c1ccc(C(F)(F)F)nc1-c1ccccn1. The summed E-state index contributed by atoms with van der Waals surface area (Å²) in [6.45, 7) is 1.72. The molecule has 0 N–H and O–H groups in total. The van der Waals surface area contributed by atoms with Crippen LogP contribution in [0.4, 0.5) is 13.2 Å². The van der Waals surface area contributed by atoms with Crippen LogP contribution < -0.4 is 0 Å². The number of rotatable bonds is 3. The average molecular weight is 296 g/mol. The Labute approximate surface area is 118 Å². The molecule has 0 unspecified atom stereocenters. The molecule has 110 valence electrons. The molecule has 0 bridgehead atoms. The Bertz CT molecular complexity index is 642. The van der Waals surface area contributed by atoms with E-state index in [1.807, 2.05) is 0 Å². The number of carbonyl (C=O) groups excluding carboxylic acids is 1. The molecule has 2 aromatic heterocycles. The van der Waals surface area contributed by atoms with Crippen LogP contribution in [-0.2, 0) is 10.9 Å². The predicted molar refractivity (Wildman–Crippen MR) is 68.4 cm³/mol. The summed E-state index contributed by atoms with van der Waals surface area (Å²) in [5, 5.41) is 0. The van der Waals surface area contributed by atoms with Crippen LogP contribution in [0.2, 0.25) is 0 Å². The second-order valence-corrected chi connectivity index (χ2v) is 4.03. The summed E-state index contributed by atoms with van der Waals surface area (Å²) < 4.78 is 43.1. The fourth-order valence-corrected chi connectivity index (χ4v) is 1.69. The van der Waals surface area contributed by atoms with Gasteiger partial charge in [-0.1, -0.05) is 6.07 Å². The molecule has 0 atom stereocenters. The fraction of sp³-hybridized carbons (Fsp3) is 0.214. The monoisotopic (exact) mass is 296 g/mol. The average Bonchev–Trinajstić information content (AvgIpc) is 2.47. The van der Waals surface area contributed by atoms with Crippen LogP contribution in [0, 0.1) is 0 Å². The summed E-state index contributed by atoms with van der Waals surface area (Å²) in [4.78, 5) is 19.3. The van der Waals surface area contributed by atoms with Crippen molar-refractivity contribution in [1.29, 1.82) is 0 Å². The molecule has 0 amide bonds. The van der Waals surface area contributed by atoms with Crippen molar-refractivity contribution in [2.45, 2.75) is 13.1 Å². The Kier molecular flexibility index (Phi) is 4.21. The Morgan fingerprint density at radius 2 is 2.00 bits per heavy atom. The molecular weight excluding hydrogens is 285 g/mol. The minimum atomic E-state index is -4.60. The number of ether oxygens (including phenoxy) is 1. The summed E-state index contributed by atoms with van der Waals surface area (Å²) in [5.74, 6) is -0.737. The predicted octanol–water partition coefficient (Wildman–Crippen LogP) is 3.34. The van der Waals surface area contributed by atoms with Crippen LogP contribution in [0.5, 0.6) is 0 Å². The molecule has 0 aliphatic heterocycles. The van der Waals surface area contributed by atoms with Crippen LogP contribution in [0.3, 0.4) is 0 Å². The number of hydrogen-bond acceptors (Lipinski definition) is 4. The normalized spacial score (nSPS) is 11.2. The summed E-state index contributed by atoms with van der Waals surface area (Å²) >= 11 is 0. The van der Waals surface area contributed by atoms with E-state index >= 15 is 0 Å². The van der Waals surface area contributed by atoms with Crippen LogP contribution in [-0.4, -0.2) is 22.5 Å². The van der Waals surface area contributed by atoms with Gasteiger partial charge in [0.2, 0.25) is 0 Å². The van der Waals surface area contributed by atoms with Gasteiger partial charge >= 0.3 is 12.1 Å². The van der Waals surface area contributed by atoms with Crippen molar-refractivity contribution in [2.24, 2.45) is 0 Å². The number of halogens is 3. The minimum Gasteiger partial charge on any atom is -0.462 e. The molecule has 21 heavy (non-hydrogen) atoms. The largest absolute Gasteiger partial charge is 0.462 e. The molecule has 0 fully saturated rings. The molecule has 0 aliphatic rings. The van der Waals surface area contributed by atoms with Gasteiger partial charge in [0.1, 0.15) is 11.4 Å². The third kappa shape index (κ3) is 3.36. The van der Waals surface area contributed by atoms with E-state index in [2.05, 4.69) is 9.97 Å². The second-order valence-electron chi connectivity index (χ2n) is 4.03. The van der Waals surface area contributed by atoms with E-state index < -0.39 is 17.8 Å². The van der Waals surface area contributed by atoms with E-state index in [4.69, 9.17) is 4.74 Å². The van der Waals surface area contributed by atoms with E-state index in [0.29, 0.717) is 0 Å². The Balaban J connectivity index is 2.59. The van der Waals surface area contributed by atoms with Gasteiger partial charge in [-0.2, -0.15) is 13.2 Å². The zero-order chi connectivity index (χ0) is 15.5. The van der Waals surface area contributed by atoms with Crippen molar-refractivity contribution in [1.82, 2.24) is 9.97 Å². The maximum Gasteiger partial charge on any atom is 0.433 e. The number of esters is 1. The van der Waals surface area contributed by atoms with Crippen molar-refractivity contribution in [3.05, 3.63) is 47.8 Å². The lowest BCUT2D eigenvalue weighted by Crippen LogP contribution is -2.13. The summed E-state index contributed by atoms with van der Waals surface area (Å²) in [5.41, 5.74) is -1.12. The van der Waals surface area contributed by atoms with Gasteiger partial charge in [0, 0.05) is 6.20 Å². The molecule has 2 aromatic rings. The van der Waals surface area contributed by atoms with Gasteiger partial charge in [0.05, 0.1) is 17.9 Å². The molecule has 0 aromatic carbocycles. The zero-order valence-electron chi connectivity index (χ0n) is 11.0. The number of aromatic nitrogens is 2. The molecule has 0 saturated heterocycles. The quantitative estimate of drug-likeness (QED) is 0.815. The van der Waals surface area contributed by atoms with Gasteiger partial charge < -0.3 is 4.74 Å². The molecule has 0 saturated carbocycles. The van der Waals surface area contributed by atoms with E-state index in [9.17, 15) is 18.0 Å². The molecule has 7 heteroatoms. The lowest BCUT2D eigenvalue weighted by atomic mass is 10.1. The second kappa shape index (κ2) is 5.90. The number of nitrogens with zero attached hydrogens (tertiary/aromatic N) is 2. The van der Waals surface area contributed by atoms with Gasteiger partial charge in [0.15, 0.2) is 0 Å². The van der Waals surface area contributed by atoms with E-state index in [1.54, 1.807) is 19.1 Å². The van der Waals surface area contributed by atoms with Crippen LogP contribution in [0.15, 0.2) is 36.5 Å². The molecule has 2 heterocycles. The van der Waals surface area contributed by atoms with Gasteiger partial charge in [-0.25, -0.2) is 9.78 Å². The number of hydrogen-bond donors (Lipinski definition) is 0. The highest BCUT2D eigenvalue weighted by molar-refractivity contribution is 5.95. The molecule has 4 nitrogen and oxygen atoms in total. The van der Waals surface area contributed by atoms with Crippen molar-refractivity contribution in [3.8, 4) is 11.4 Å². The van der Waals surface area contributed by atoms with Gasteiger partial charge in [-0.05, 0) is 31.2 Å². The van der Waals surface area contributed by atoms with Gasteiger partial charge in [-0.15, -0.1) is 0 Å². The van der Waals surface area contributed by atoms with Crippen molar-refractivity contribution >= 4 is 5.97 Å². The maximum absolute atomic E-state index is 12.8. The summed E-state index contributed by atoms with van der Waals surface area (Å²) in [6.07, 6.45) is -3.19. The Morgan fingerprint density at radius 3 is 2.57 bits per heavy atom. The lowest BCUT2D eigenvalue weighted by Gasteiger charge is -2.11. The van der Waals surface area contributed by atoms with Gasteiger partial charge in [0.25, 0.3) is 0 Å². The van der Waals surface area contributed by atoms with Crippen molar-refractivity contribution in [2.75, 3.05) is 6.61 Å². The van der Waals surface area contributed by atoms with E-state index in [-0.39, 0.29) is 23.6 Å². The number of carbonyl (C=O) groups is 1. The van der Waals surface area contributed by atoms with E-state index in [1.165, 1.54) is 12.3 Å². The first-order chi connectivity index (χ1) is 9.93. The highest BCUT2D eigenvalue weighted by Crippen LogP contribution is 2.30.